The molecule has 1 saturated heterocycles. The largest absolute Gasteiger partial charge is 0.460 e. The fourth-order valence-electron chi connectivity index (χ4n) is 3.25. The van der Waals surface area contributed by atoms with Crippen LogP contribution in [0.15, 0.2) is 45.4 Å². The van der Waals surface area contributed by atoms with E-state index in [9.17, 15) is 9.59 Å². The number of carbonyl (C=O) groups excluding carboxylic acids is 2. The Kier molecular flexibility index (Phi) is 6.85. The second-order valence-corrected chi connectivity index (χ2v) is 8.47. The van der Waals surface area contributed by atoms with Gasteiger partial charge in [-0.2, -0.15) is 0 Å². The summed E-state index contributed by atoms with van der Waals surface area (Å²) in [6.07, 6.45) is 2.72. The van der Waals surface area contributed by atoms with Crippen LogP contribution in [0.2, 0.25) is 0 Å². The van der Waals surface area contributed by atoms with E-state index in [4.69, 9.17) is 9.47 Å². The van der Waals surface area contributed by atoms with E-state index in [0.717, 1.165) is 10.5 Å². The molecule has 2 atom stereocenters. The highest BCUT2D eigenvalue weighted by Gasteiger charge is 2.47. The van der Waals surface area contributed by atoms with E-state index in [-0.39, 0.29) is 17.8 Å². The fraction of sp³-hybridized carbons (Fsp3) is 0.450. The van der Waals surface area contributed by atoms with Gasteiger partial charge in [0.15, 0.2) is 5.17 Å². The second-order valence-electron chi connectivity index (χ2n) is 6.42. The Bertz CT molecular complexity index is 820. The molecule has 6 nitrogen and oxygen atoms in total. The van der Waals surface area contributed by atoms with Gasteiger partial charge in [0.05, 0.1) is 29.2 Å². The monoisotopic (exact) mass is 420 g/mol. The van der Waals surface area contributed by atoms with Crippen LogP contribution in [0.1, 0.15) is 31.9 Å². The van der Waals surface area contributed by atoms with E-state index in [1.165, 1.54) is 11.8 Å². The van der Waals surface area contributed by atoms with Gasteiger partial charge in [-0.25, -0.2) is 9.79 Å². The van der Waals surface area contributed by atoms with Crippen LogP contribution in [0.5, 0.6) is 0 Å². The van der Waals surface area contributed by atoms with Crippen molar-refractivity contribution in [3.8, 4) is 0 Å². The summed E-state index contributed by atoms with van der Waals surface area (Å²) in [5, 5.41) is 0.477. The van der Waals surface area contributed by atoms with Gasteiger partial charge in [-0.3, -0.25) is 9.69 Å². The molecule has 2 heterocycles. The highest BCUT2D eigenvalue weighted by Crippen LogP contribution is 2.44. The van der Waals surface area contributed by atoms with Crippen LogP contribution in [-0.4, -0.2) is 53.8 Å². The summed E-state index contributed by atoms with van der Waals surface area (Å²) in [6.45, 7) is 4.25. The predicted molar refractivity (Wildman–Crippen MR) is 112 cm³/mol. The highest BCUT2D eigenvalue weighted by atomic mass is 32.2. The zero-order valence-corrected chi connectivity index (χ0v) is 18.1. The fourth-order valence-corrected chi connectivity index (χ4v) is 4.79. The number of hydrogen-bond donors (Lipinski definition) is 0. The molecule has 2 aliphatic rings. The van der Waals surface area contributed by atoms with Crippen molar-refractivity contribution in [2.75, 3.05) is 26.6 Å². The summed E-state index contributed by atoms with van der Waals surface area (Å²) in [5.74, 6) is -0.478. The molecule has 0 unspecified atom stereocenters. The number of nitrogens with zero attached hydrogens (tertiary/aromatic N) is 2. The number of esters is 1. The van der Waals surface area contributed by atoms with Gasteiger partial charge in [0.1, 0.15) is 6.61 Å². The molecule has 28 heavy (non-hydrogen) atoms. The minimum absolute atomic E-state index is 0.0140. The number of thioether (sulfide) groups is 2. The van der Waals surface area contributed by atoms with Crippen LogP contribution >= 0.6 is 23.5 Å². The molecule has 0 bridgehead atoms. The third-order valence-corrected chi connectivity index (χ3v) is 6.76. The Labute approximate surface area is 173 Å². The summed E-state index contributed by atoms with van der Waals surface area (Å²) >= 11 is 3.11. The average Bonchev–Trinajstić information content (AvgIpc) is 3.02. The first kappa shape index (κ1) is 21.0. The highest BCUT2D eigenvalue weighted by molar-refractivity contribution is 8.15. The predicted octanol–water partition coefficient (Wildman–Crippen LogP) is 3.64. The molecule has 0 N–H and O–H groups in total. The van der Waals surface area contributed by atoms with Gasteiger partial charge in [0, 0.05) is 12.0 Å². The maximum atomic E-state index is 13.0. The number of allylic oxidation sites excluding steroid dienone is 1. The summed E-state index contributed by atoms with van der Waals surface area (Å²) in [7, 11) is 1.55. The molecule has 1 aromatic rings. The standard InChI is InChI=1S/C20H24N2O4S2/c1-5-15-18(23)22-17(13-6-8-14(27-4)9-7-13)16(12(2)21-20(22)28-15)19(24)26-11-10-25-3/h6-9,15,17H,5,10-11H2,1-4H3/t15-,17+/m1/s1. The van der Waals surface area contributed by atoms with Crippen molar-refractivity contribution in [1.82, 2.24) is 4.90 Å². The third kappa shape index (κ3) is 3.99. The Hall–Kier alpha value is -1.77. The summed E-state index contributed by atoms with van der Waals surface area (Å²) in [4.78, 5) is 33.3. The van der Waals surface area contributed by atoms with E-state index < -0.39 is 12.0 Å². The van der Waals surface area contributed by atoms with Gasteiger partial charge >= 0.3 is 5.97 Å². The van der Waals surface area contributed by atoms with E-state index in [1.807, 2.05) is 37.4 Å². The van der Waals surface area contributed by atoms with Crippen LogP contribution in [0.3, 0.4) is 0 Å². The molecule has 3 rings (SSSR count). The number of amides is 1. The zero-order chi connectivity index (χ0) is 20.3. The molecule has 150 valence electrons. The number of fused-ring (bicyclic) bond motifs is 1. The SMILES string of the molecule is CC[C@H]1SC2=NC(C)=C(C(=O)OCCOC)[C@H](c3ccc(SC)cc3)N2C1=O. The first-order valence-electron chi connectivity index (χ1n) is 9.11. The second kappa shape index (κ2) is 9.15. The minimum atomic E-state index is -0.532. The molecule has 2 aliphatic heterocycles. The summed E-state index contributed by atoms with van der Waals surface area (Å²) in [5.41, 5.74) is 1.86. The molecule has 0 saturated carbocycles. The molecule has 1 fully saturated rings. The lowest BCUT2D eigenvalue weighted by molar-refractivity contribution is -0.141. The number of benzene rings is 1. The minimum Gasteiger partial charge on any atom is -0.460 e. The molecular weight excluding hydrogens is 396 g/mol. The van der Waals surface area contributed by atoms with Crippen LogP contribution in [0.4, 0.5) is 0 Å². The molecule has 0 radical (unpaired) electrons. The van der Waals surface area contributed by atoms with Crippen molar-refractivity contribution in [2.45, 2.75) is 36.5 Å². The average molecular weight is 421 g/mol. The van der Waals surface area contributed by atoms with E-state index >= 15 is 0 Å². The zero-order valence-electron chi connectivity index (χ0n) is 16.4. The van der Waals surface area contributed by atoms with Crippen molar-refractivity contribution >= 4 is 40.6 Å². The van der Waals surface area contributed by atoms with Crippen LogP contribution in [0, 0.1) is 0 Å². The van der Waals surface area contributed by atoms with Crippen molar-refractivity contribution in [1.29, 1.82) is 0 Å². The number of aliphatic imine (C=N–C) groups is 1. The first-order valence-corrected chi connectivity index (χ1v) is 11.2. The Morgan fingerprint density at radius 3 is 2.61 bits per heavy atom. The number of ether oxygens (including phenoxy) is 2. The summed E-state index contributed by atoms with van der Waals surface area (Å²) < 4.78 is 10.4. The van der Waals surface area contributed by atoms with Gasteiger partial charge in [-0.1, -0.05) is 30.8 Å². The lowest BCUT2D eigenvalue weighted by Gasteiger charge is -2.33. The Morgan fingerprint density at radius 1 is 1.29 bits per heavy atom. The number of carbonyl (C=O) groups is 2. The van der Waals surface area contributed by atoms with Gasteiger partial charge in [-0.15, -0.1) is 11.8 Å². The third-order valence-electron chi connectivity index (χ3n) is 4.69. The van der Waals surface area contributed by atoms with Crippen LogP contribution in [-0.2, 0) is 19.1 Å². The first-order chi connectivity index (χ1) is 13.5. The number of hydrogen-bond acceptors (Lipinski definition) is 7. The van der Waals surface area contributed by atoms with Crippen molar-refractivity contribution < 1.29 is 19.1 Å². The Balaban J connectivity index is 2.03. The summed E-state index contributed by atoms with van der Waals surface area (Å²) in [6, 6.07) is 7.40. The smallest absolute Gasteiger partial charge is 0.338 e. The van der Waals surface area contributed by atoms with Gasteiger partial charge in [-0.05, 0) is 37.3 Å². The topological polar surface area (TPSA) is 68.2 Å². The van der Waals surface area contributed by atoms with E-state index in [2.05, 4.69) is 4.99 Å². The lowest BCUT2D eigenvalue weighted by atomic mass is 9.94. The maximum absolute atomic E-state index is 13.0. The van der Waals surface area contributed by atoms with Crippen LogP contribution < -0.4 is 0 Å². The van der Waals surface area contributed by atoms with Crippen molar-refractivity contribution in [3.05, 3.63) is 41.1 Å². The molecule has 0 aromatic heterocycles. The van der Waals surface area contributed by atoms with E-state index in [1.54, 1.807) is 30.7 Å². The van der Waals surface area contributed by atoms with Crippen molar-refractivity contribution in [3.63, 3.8) is 0 Å². The number of methoxy groups -OCH3 is 1. The molecule has 0 spiro atoms. The molecule has 0 aliphatic carbocycles. The Morgan fingerprint density at radius 2 is 2.00 bits per heavy atom. The van der Waals surface area contributed by atoms with E-state index in [0.29, 0.717) is 29.5 Å². The van der Waals surface area contributed by atoms with Crippen LogP contribution in [0.25, 0.3) is 0 Å². The lowest BCUT2D eigenvalue weighted by Crippen LogP contribution is -2.40. The van der Waals surface area contributed by atoms with Gasteiger partial charge in [0.25, 0.3) is 0 Å². The van der Waals surface area contributed by atoms with Gasteiger partial charge in [0.2, 0.25) is 5.91 Å². The van der Waals surface area contributed by atoms with Gasteiger partial charge < -0.3 is 9.47 Å². The molecular formula is C20H24N2O4S2. The quantitative estimate of drug-likeness (QED) is 0.381. The molecule has 1 aromatic carbocycles. The maximum Gasteiger partial charge on any atom is 0.338 e. The number of amidine groups is 1. The molecule has 8 heteroatoms. The number of rotatable bonds is 7. The normalized spacial score (nSPS) is 21.6. The molecule has 1 amide bonds. The van der Waals surface area contributed by atoms with Crippen molar-refractivity contribution in [2.24, 2.45) is 4.99 Å².